The standard InChI is InChI=1S/C13H20BrN/c1-4-13(2,3)10-15-9-11-6-5-7-12(14)8-11/h5-8,15H,4,9-10H2,1-3H3. The predicted molar refractivity (Wildman–Crippen MR) is 69.9 cm³/mol. The number of benzene rings is 1. The molecular formula is C13H20BrN. The van der Waals surface area contributed by atoms with E-state index in [1.807, 2.05) is 0 Å². The van der Waals surface area contributed by atoms with E-state index in [0.717, 1.165) is 17.6 Å². The summed E-state index contributed by atoms with van der Waals surface area (Å²) in [5, 5.41) is 3.50. The van der Waals surface area contributed by atoms with Gasteiger partial charge in [-0.05, 0) is 29.5 Å². The van der Waals surface area contributed by atoms with Crippen molar-refractivity contribution in [3.63, 3.8) is 0 Å². The first-order valence-electron chi connectivity index (χ1n) is 5.49. The minimum Gasteiger partial charge on any atom is -0.312 e. The molecule has 1 aromatic rings. The molecule has 0 aromatic heterocycles. The maximum absolute atomic E-state index is 3.50. The van der Waals surface area contributed by atoms with Crippen molar-refractivity contribution < 1.29 is 0 Å². The largest absolute Gasteiger partial charge is 0.312 e. The predicted octanol–water partition coefficient (Wildman–Crippen LogP) is 3.97. The van der Waals surface area contributed by atoms with Crippen molar-refractivity contribution in [2.75, 3.05) is 6.54 Å². The average molecular weight is 270 g/mol. The number of hydrogen-bond donors (Lipinski definition) is 1. The van der Waals surface area contributed by atoms with Gasteiger partial charge < -0.3 is 5.32 Å². The quantitative estimate of drug-likeness (QED) is 0.853. The van der Waals surface area contributed by atoms with Crippen LogP contribution in [0.25, 0.3) is 0 Å². The molecule has 0 fully saturated rings. The lowest BCUT2D eigenvalue weighted by molar-refractivity contribution is 0.327. The van der Waals surface area contributed by atoms with Crippen LogP contribution in [0.15, 0.2) is 28.7 Å². The summed E-state index contributed by atoms with van der Waals surface area (Å²) in [6.45, 7) is 8.83. The summed E-state index contributed by atoms with van der Waals surface area (Å²) in [6, 6.07) is 8.44. The van der Waals surface area contributed by atoms with E-state index in [1.54, 1.807) is 0 Å². The first-order valence-corrected chi connectivity index (χ1v) is 6.28. The highest BCUT2D eigenvalue weighted by atomic mass is 79.9. The third-order valence-electron chi connectivity index (χ3n) is 2.78. The van der Waals surface area contributed by atoms with Crippen molar-refractivity contribution in [3.05, 3.63) is 34.3 Å². The fourth-order valence-corrected chi connectivity index (χ4v) is 1.76. The second-order valence-corrected chi connectivity index (χ2v) is 5.67. The molecule has 0 atom stereocenters. The van der Waals surface area contributed by atoms with Gasteiger partial charge in [0.25, 0.3) is 0 Å². The van der Waals surface area contributed by atoms with Crippen molar-refractivity contribution in [2.45, 2.75) is 33.7 Å². The first-order chi connectivity index (χ1) is 7.03. The van der Waals surface area contributed by atoms with Gasteiger partial charge >= 0.3 is 0 Å². The molecule has 1 nitrogen and oxygen atoms in total. The van der Waals surface area contributed by atoms with Crippen LogP contribution in [0.2, 0.25) is 0 Å². The van der Waals surface area contributed by atoms with Crippen LogP contribution in [0.4, 0.5) is 0 Å². The summed E-state index contributed by atoms with van der Waals surface area (Å²) < 4.78 is 1.15. The summed E-state index contributed by atoms with van der Waals surface area (Å²) in [6.07, 6.45) is 1.21. The first kappa shape index (κ1) is 12.7. The maximum Gasteiger partial charge on any atom is 0.0206 e. The molecule has 0 spiro atoms. The number of nitrogens with one attached hydrogen (secondary N) is 1. The van der Waals surface area contributed by atoms with Gasteiger partial charge in [-0.2, -0.15) is 0 Å². The summed E-state index contributed by atoms with van der Waals surface area (Å²) in [4.78, 5) is 0. The van der Waals surface area contributed by atoms with E-state index in [1.165, 1.54) is 12.0 Å². The molecule has 0 aliphatic carbocycles. The highest BCUT2D eigenvalue weighted by Crippen LogP contribution is 2.18. The van der Waals surface area contributed by atoms with Crippen molar-refractivity contribution in [3.8, 4) is 0 Å². The zero-order valence-corrected chi connectivity index (χ0v) is 11.4. The van der Waals surface area contributed by atoms with Crippen molar-refractivity contribution in [2.24, 2.45) is 5.41 Å². The van der Waals surface area contributed by atoms with Crippen LogP contribution in [0.5, 0.6) is 0 Å². The Morgan fingerprint density at radius 3 is 2.67 bits per heavy atom. The van der Waals surface area contributed by atoms with Crippen LogP contribution < -0.4 is 5.32 Å². The molecule has 0 unspecified atom stereocenters. The minimum absolute atomic E-state index is 0.395. The Morgan fingerprint density at radius 2 is 2.07 bits per heavy atom. The second-order valence-electron chi connectivity index (χ2n) is 4.75. The summed E-state index contributed by atoms with van der Waals surface area (Å²) >= 11 is 3.48. The molecule has 1 aromatic carbocycles. The Balaban J connectivity index is 2.38. The molecule has 84 valence electrons. The van der Waals surface area contributed by atoms with Gasteiger partial charge in [-0.15, -0.1) is 0 Å². The van der Waals surface area contributed by atoms with Crippen molar-refractivity contribution in [1.82, 2.24) is 5.32 Å². The fraction of sp³-hybridized carbons (Fsp3) is 0.538. The van der Waals surface area contributed by atoms with E-state index >= 15 is 0 Å². The molecule has 0 aliphatic heterocycles. The number of halogens is 1. The van der Waals surface area contributed by atoms with Crippen LogP contribution in [-0.2, 0) is 6.54 Å². The van der Waals surface area contributed by atoms with E-state index in [-0.39, 0.29) is 0 Å². The third kappa shape index (κ3) is 4.80. The van der Waals surface area contributed by atoms with Gasteiger partial charge in [-0.25, -0.2) is 0 Å². The summed E-state index contributed by atoms with van der Waals surface area (Å²) in [5.41, 5.74) is 1.72. The highest BCUT2D eigenvalue weighted by molar-refractivity contribution is 9.10. The number of hydrogen-bond acceptors (Lipinski definition) is 1. The Kier molecular flexibility index (Phi) is 4.81. The zero-order chi connectivity index (χ0) is 11.3. The fourth-order valence-electron chi connectivity index (χ4n) is 1.32. The molecular weight excluding hydrogens is 250 g/mol. The minimum atomic E-state index is 0.395. The topological polar surface area (TPSA) is 12.0 Å². The molecule has 15 heavy (non-hydrogen) atoms. The van der Waals surface area contributed by atoms with Crippen LogP contribution >= 0.6 is 15.9 Å². The second kappa shape index (κ2) is 5.66. The zero-order valence-electron chi connectivity index (χ0n) is 9.81. The van der Waals surface area contributed by atoms with Crippen LogP contribution in [0.3, 0.4) is 0 Å². The third-order valence-corrected chi connectivity index (χ3v) is 3.27. The van der Waals surface area contributed by atoms with E-state index in [2.05, 4.69) is 66.3 Å². The maximum atomic E-state index is 3.50. The van der Waals surface area contributed by atoms with Crippen molar-refractivity contribution >= 4 is 15.9 Å². The normalized spacial score (nSPS) is 11.7. The smallest absolute Gasteiger partial charge is 0.0206 e. The average Bonchev–Trinajstić information content (AvgIpc) is 2.18. The van der Waals surface area contributed by atoms with Crippen LogP contribution in [0.1, 0.15) is 32.8 Å². The van der Waals surface area contributed by atoms with Crippen molar-refractivity contribution in [1.29, 1.82) is 0 Å². The van der Waals surface area contributed by atoms with E-state index < -0.39 is 0 Å². The van der Waals surface area contributed by atoms with Gasteiger partial charge in [0.05, 0.1) is 0 Å². The number of rotatable bonds is 5. The highest BCUT2D eigenvalue weighted by Gasteiger charge is 2.13. The van der Waals surface area contributed by atoms with E-state index in [9.17, 15) is 0 Å². The molecule has 0 heterocycles. The Morgan fingerprint density at radius 1 is 1.33 bits per heavy atom. The molecule has 0 saturated heterocycles. The molecule has 2 heteroatoms. The van der Waals surface area contributed by atoms with E-state index in [4.69, 9.17) is 0 Å². The lowest BCUT2D eigenvalue weighted by Gasteiger charge is -2.23. The van der Waals surface area contributed by atoms with Gasteiger partial charge in [0.1, 0.15) is 0 Å². The Hall–Kier alpha value is -0.340. The Bertz CT molecular complexity index is 307. The van der Waals surface area contributed by atoms with Gasteiger partial charge in [0, 0.05) is 17.6 Å². The molecule has 0 bridgehead atoms. The lowest BCUT2D eigenvalue weighted by atomic mass is 9.90. The van der Waals surface area contributed by atoms with Gasteiger partial charge in [0.15, 0.2) is 0 Å². The van der Waals surface area contributed by atoms with Gasteiger partial charge in [-0.3, -0.25) is 0 Å². The van der Waals surface area contributed by atoms with Gasteiger partial charge in [-0.1, -0.05) is 48.8 Å². The van der Waals surface area contributed by atoms with Crippen LogP contribution in [0, 0.1) is 5.41 Å². The molecule has 0 aliphatic rings. The SMILES string of the molecule is CCC(C)(C)CNCc1cccc(Br)c1. The molecule has 0 amide bonds. The molecule has 1 rings (SSSR count). The summed E-state index contributed by atoms with van der Waals surface area (Å²) in [5.74, 6) is 0. The molecule has 1 N–H and O–H groups in total. The van der Waals surface area contributed by atoms with E-state index in [0.29, 0.717) is 5.41 Å². The Labute approximate surface area is 101 Å². The molecule has 0 radical (unpaired) electrons. The van der Waals surface area contributed by atoms with Crippen LogP contribution in [-0.4, -0.2) is 6.54 Å². The lowest BCUT2D eigenvalue weighted by Crippen LogP contribution is -2.28. The monoisotopic (exact) mass is 269 g/mol. The van der Waals surface area contributed by atoms with Gasteiger partial charge in [0.2, 0.25) is 0 Å². The molecule has 0 saturated carbocycles. The summed E-state index contributed by atoms with van der Waals surface area (Å²) in [7, 11) is 0.